The van der Waals surface area contributed by atoms with Crippen molar-refractivity contribution < 1.29 is 9.90 Å². The van der Waals surface area contributed by atoms with E-state index >= 15 is 0 Å². The maximum absolute atomic E-state index is 10.7. The standard InChI is InChI=1S/C8H6BrN3O2/c9-6-5-3-4(7(13)14)1-2-12(5)8(10)11-6/h1-3H,(H2,10,11)(H,13,14). The smallest absolute Gasteiger partial charge is 0.335 e. The third-order valence-electron chi connectivity index (χ3n) is 1.87. The number of rotatable bonds is 1. The molecule has 0 aliphatic rings. The minimum atomic E-state index is -0.973. The molecule has 0 saturated heterocycles. The third kappa shape index (κ3) is 1.24. The molecule has 0 unspecified atom stereocenters. The fourth-order valence-corrected chi connectivity index (χ4v) is 1.69. The number of pyridine rings is 1. The molecule has 0 amide bonds. The Balaban J connectivity index is 2.77. The molecule has 2 heterocycles. The van der Waals surface area contributed by atoms with Crippen LogP contribution in [0.4, 0.5) is 5.95 Å². The molecule has 2 aromatic heterocycles. The summed E-state index contributed by atoms with van der Waals surface area (Å²) >= 11 is 3.20. The lowest BCUT2D eigenvalue weighted by Gasteiger charge is -1.97. The van der Waals surface area contributed by atoms with E-state index < -0.39 is 5.97 Å². The van der Waals surface area contributed by atoms with Gasteiger partial charge in [-0.05, 0) is 28.1 Å². The fourth-order valence-electron chi connectivity index (χ4n) is 1.20. The van der Waals surface area contributed by atoms with E-state index in [1.807, 2.05) is 0 Å². The lowest BCUT2D eigenvalue weighted by molar-refractivity contribution is 0.0697. The highest BCUT2D eigenvalue weighted by atomic mass is 79.9. The zero-order chi connectivity index (χ0) is 10.3. The van der Waals surface area contributed by atoms with Crippen molar-refractivity contribution in [2.24, 2.45) is 0 Å². The Labute approximate surface area is 87.3 Å². The van der Waals surface area contributed by atoms with Crippen LogP contribution in [0.1, 0.15) is 10.4 Å². The highest BCUT2D eigenvalue weighted by Crippen LogP contribution is 2.21. The van der Waals surface area contributed by atoms with Crippen molar-refractivity contribution in [1.82, 2.24) is 9.38 Å². The van der Waals surface area contributed by atoms with Gasteiger partial charge in [0.2, 0.25) is 5.95 Å². The zero-order valence-corrected chi connectivity index (χ0v) is 8.52. The van der Waals surface area contributed by atoms with E-state index in [2.05, 4.69) is 20.9 Å². The summed E-state index contributed by atoms with van der Waals surface area (Å²) in [5.41, 5.74) is 6.43. The molecule has 72 valence electrons. The van der Waals surface area contributed by atoms with Gasteiger partial charge in [0, 0.05) is 6.20 Å². The molecule has 0 radical (unpaired) electrons. The second kappa shape index (κ2) is 2.98. The summed E-state index contributed by atoms with van der Waals surface area (Å²) in [4.78, 5) is 14.6. The molecule has 5 nitrogen and oxygen atoms in total. The van der Waals surface area contributed by atoms with Gasteiger partial charge in [0.25, 0.3) is 0 Å². The topological polar surface area (TPSA) is 80.6 Å². The maximum atomic E-state index is 10.7. The number of carboxylic acids is 1. The Kier molecular flexibility index (Phi) is 1.92. The van der Waals surface area contributed by atoms with Crippen molar-refractivity contribution in [3.05, 3.63) is 28.5 Å². The van der Waals surface area contributed by atoms with Gasteiger partial charge in [0.15, 0.2) is 0 Å². The molecule has 2 aromatic rings. The molecule has 2 rings (SSSR count). The third-order valence-corrected chi connectivity index (χ3v) is 2.46. The number of nitrogens with zero attached hydrogens (tertiary/aromatic N) is 2. The summed E-state index contributed by atoms with van der Waals surface area (Å²) in [5.74, 6) is -0.650. The molecule has 0 spiro atoms. The molecular formula is C8H6BrN3O2. The van der Waals surface area contributed by atoms with E-state index in [9.17, 15) is 4.79 Å². The lowest BCUT2D eigenvalue weighted by Crippen LogP contribution is -1.98. The Bertz CT molecular complexity index is 521. The second-order valence-corrected chi connectivity index (χ2v) is 3.49. The van der Waals surface area contributed by atoms with Crippen LogP contribution in [0.25, 0.3) is 5.52 Å². The summed E-state index contributed by atoms with van der Waals surface area (Å²) < 4.78 is 2.15. The van der Waals surface area contributed by atoms with Crippen LogP contribution >= 0.6 is 15.9 Å². The first-order valence-electron chi connectivity index (χ1n) is 3.76. The van der Waals surface area contributed by atoms with Crippen LogP contribution in [0, 0.1) is 0 Å². The molecular weight excluding hydrogens is 250 g/mol. The van der Waals surface area contributed by atoms with Gasteiger partial charge in [-0.1, -0.05) is 0 Å². The predicted molar refractivity (Wildman–Crippen MR) is 54.3 cm³/mol. The largest absolute Gasteiger partial charge is 0.478 e. The van der Waals surface area contributed by atoms with Gasteiger partial charge in [-0.25, -0.2) is 9.78 Å². The molecule has 0 bridgehead atoms. The van der Waals surface area contributed by atoms with Gasteiger partial charge in [-0.15, -0.1) is 0 Å². The predicted octanol–water partition coefficient (Wildman–Crippen LogP) is 1.38. The Morgan fingerprint density at radius 3 is 3.00 bits per heavy atom. The number of hydrogen-bond acceptors (Lipinski definition) is 3. The molecule has 0 atom stereocenters. The normalized spacial score (nSPS) is 10.6. The van der Waals surface area contributed by atoms with E-state index in [0.29, 0.717) is 16.1 Å². The Morgan fingerprint density at radius 2 is 2.36 bits per heavy atom. The fraction of sp³-hybridized carbons (Fsp3) is 0. The number of hydrogen-bond donors (Lipinski definition) is 2. The number of fused-ring (bicyclic) bond motifs is 1. The van der Waals surface area contributed by atoms with Crippen molar-refractivity contribution in [3.63, 3.8) is 0 Å². The van der Waals surface area contributed by atoms with Crippen molar-refractivity contribution in [1.29, 1.82) is 0 Å². The van der Waals surface area contributed by atoms with Crippen LogP contribution in [0.3, 0.4) is 0 Å². The first-order valence-corrected chi connectivity index (χ1v) is 4.55. The zero-order valence-electron chi connectivity index (χ0n) is 6.94. The summed E-state index contributed by atoms with van der Waals surface area (Å²) in [6.45, 7) is 0. The molecule has 6 heteroatoms. The van der Waals surface area contributed by atoms with Crippen molar-refractivity contribution in [2.45, 2.75) is 0 Å². The number of carbonyl (C=O) groups is 1. The Morgan fingerprint density at radius 1 is 1.64 bits per heavy atom. The van der Waals surface area contributed by atoms with E-state index in [4.69, 9.17) is 10.8 Å². The highest BCUT2D eigenvalue weighted by Gasteiger charge is 2.09. The van der Waals surface area contributed by atoms with Crippen molar-refractivity contribution in [2.75, 3.05) is 5.73 Å². The summed E-state index contributed by atoms with van der Waals surface area (Å²) in [5, 5.41) is 8.77. The van der Waals surface area contributed by atoms with E-state index in [0.717, 1.165) is 0 Å². The highest BCUT2D eigenvalue weighted by molar-refractivity contribution is 9.10. The van der Waals surface area contributed by atoms with Gasteiger partial charge in [-0.3, -0.25) is 4.40 Å². The molecule has 14 heavy (non-hydrogen) atoms. The number of halogens is 1. The van der Waals surface area contributed by atoms with E-state index in [1.165, 1.54) is 12.1 Å². The number of nitrogens with two attached hydrogens (primary N) is 1. The van der Waals surface area contributed by atoms with Crippen molar-refractivity contribution in [3.8, 4) is 0 Å². The Hall–Kier alpha value is -1.56. The quantitative estimate of drug-likeness (QED) is 0.807. The van der Waals surface area contributed by atoms with Crippen LogP contribution in [-0.4, -0.2) is 20.5 Å². The molecule has 0 saturated carbocycles. The average Bonchev–Trinajstić information content (AvgIpc) is 2.42. The summed E-state index contributed by atoms with van der Waals surface area (Å²) in [6, 6.07) is 2.98. The number of aromatic nitrogens is 2. The number of carboxylic acid groups (broad SMARTS) is 1. The molecule has 3 N–H and O–H groups in total. The van der Waals surface area contributed by atoms with E-state index in [-0.39, 0.29) is 5.56 Å². The number of aromatic carboxylic acids is 1. The second-order valence-electron chi connectivity index (χ2n) is 2.74. The minimum Gasteiger partial charge on any atom is -0.478 e. The number of anilines is 1. The van der Waals surface area contributed by atoms with Gasteiger partial charge in [0.05, 0.1) is 11.1 Å². The monoisotopic (exact) mass is 255 g/mol. The summed E-state index contributed by atoms with van der Waals surface area (Å²) in [6.07, 6.45) is 1.58. The maximum Gasteiger partial charge on any atom is 0.335 e. The van der Waals surface area contributed by atoms with Crippen LogP contribution in [0.5, 0.6) is 0 Å². The molecule has 0 aliphatic heterocycles. The van der Waals surface area contributed by atoms with Gasteiger partial charge in [0.1, 0.15) is 4.60 Å². The molecule has 0 aliphatic carbocycles. The summed E-state index contributed by atoms with van der Waals surface area (Å²) in [7, 11) is 0. The number of nitrogen functional groups attached to an aromatic ring is 1. The number of imidazole rings is 1. The van der Waals surface area contributed by atoms with Gasteiger partial charge < -0.3 is 10.8 Å². The van der Waals surface area contributed by atoms with Crippen molar-refractivity contribution >= 4 is 33.4 Å². The average molecular weight is 256 g/mol. The first kappa shape index (κ1) is 9.01. The molecule has 0 aromatic carbocycles. The minimum absolute atomic E-state index is 0.207. The lowest BCUT2D eigenvalue weighted by atomic mass is 10.2. The van der Waals surface area contributed by atoms with E-state index in [1.54, 1.807) is 10.6 Å². The van der Waals surface area contributed by atoms with Crippen LogP contribution in [0.15, 0.2) is 22.9 Å². The van der Waals surface area contributed by atoms with Crippen LogP contribution < -0.4 is 5.73 Å². The van der Waals surface area contributed by atoms with Gasteiger partial charge >= 0.3 is 5.97 Å². The van der Waals surface area contributed by atoms with Gasteiger partial charge in [-0.2, -0.15) is 0 Å². The molecule has 0 fully saturated rings. The van der Waals surface area contributed by atoms with Crippen LogP contribution in [0.2, 0.25) is 0 Å². The SMILES string of the molecule is Nc1nc(Br)c2cc(C(=O)O)ccn12. The van der Waals surface area contributed by atoms with Crippen LogP contribution in [-0.2, 0) is 0 Å². The first-order chi connectivity index (χ1) is 6.59.